The van der Waals surface area contributed by atoms with Crippen molar-refractivity contribution in [3.8, 4) is 5.75 Å². The summed E-state index contributed by atoms with van der Waals surface area (Å²) < 4.78 is 7.90. The first-order chi connectivity index (χ1) is 19.8. The van der Waals surface area contributed by atoms with Gasteiger partial charge in [0.15, 0.2) is 5.82 Å². The number of anilines is 1. The summed E-state index contributed by atoms with van der Waals surface area (Å²) in [6.07, 6.45) is 8.38. The Bertz CT molecular complexity index is 1210. The number of unbranched alkanes of at least 4 members (excludes halogenated alkanes) is 1. The number of hydrogen-bond acceptors (Lipinski definition) is 12. The summed E-state index contributed by atoms with van der Waals surface area (Å²) >= 11 is 0. The number of ether oxygens (including phenoxy) is 1. The minimum absolute atomic E-state index is 0.0827. The van der Waals surface area contributed by atoms with Gasteiger partial charge in [-0.3, -0.25) is 14.5 Å². The van der Waals surface area contributed by atoms with Gasteiger partial charge in [0.2, 0.25) is 11.8 Å². The lowest BCUT2D eigenvalue weighted by Gasteiger charge is -2.29. The van der Waals surface area contributed by atoms with Gasteiger partial charge in [-0.05, 0) is 66.3 Å². The Kier molecular flexibility index (Phi) is 10.3. The van der Waals surface area contributed by atoms with Crippen molar-refractivity contribution < 1.29 is 34.2 Å². The zero-order chi connectivity index (χ0) is 29.2. The van der Waals surface area contributed by atoms with Crippen LogP contribution >= 0.6 is 0 Å². The number of carbonyl (C=O) groups excluding carboxylic acids is 2. The quantitative estimate of drug-likeness (QED) is 0.171. The van der Waals surface area contributed by atoms with Gasteiger partial charge in [-0.25, -0.2) is 4.68 Å². The van der Waals surface area contributed by atoms with Gasteiger partial charge in [-0.2, -0.15) is 0 Å². The molecule has 16 nitrogen and oxygen atoms in total. The van der Waals surface area contributed by atoms with Gasteiger partial charge in [0.1, 0.15) is 19.0 Å². The van der Waals surface area contributed by atoms with Crippen LogP contribution in [0.1, 0.15) is 75.2 Å². The monoisotopic (exact) mass is 575 g/mol. The number of hydrogen-bond donors (Lipinski definition) is 0. The second-order valence-corrected chi connectivity index (χ2v) is 10.2. The molecule has 4 rings (SSSR count). The Morgan fingerprint density at radius 2 is 1.78 bits per heavy atom. The molecule has 41 heavy (non-hydrogen) atoms. The third-order valence-corrected chi connectivity index (χ3v) is 7.24. The van der Waals surface area contributed by atoms with Crippen molar-refractivity contribution in [1.29, 1.82) is 0 Å². The van der Waals surface area contributed by atoms with Crippen LogP contribution in [0, 0.1) is 26.1 Å². The molecule has 1 aromatic heterocycles. The molecular weight excluding hydrogens is 542 g/mol. The standard InChI is InChI=1S/C25H33N7O9/c33-24-12-9-19-15-21(39-13-5-4-8-23-26-27-28-30(23)20-6-2-1-3-7-20)10-11-22(19)29(24)25(34)14-18(16-40-31(35)36)17-41-32(37)38/h10-11,15,18,20H,1-9,12-14,16-17H2. The molecule has 1 aliphatic carbocycles. The van der Waals surface area contributed by atoms with Gasteiger partial charge in [0.25, 0.3) is 10.2 Å². The summed E-state index contributed by atoms with van der Waals surface area (Å²) in [5.74, 6) is -0.599. The summed E-state index contributed by atoms with van der Waals surface area (Å²) in [4.78, 5) is 56.3. The van der Waals surface area contributed by atoms with E-state index in [2.05, 4.69) is 25.2 Å². The van der Waals surface area contributed by atoms with Gasteiger partial charge in [-0.1, -0.05) is 19.3 Å². The minimum atomic E-state index is -1.06. The van der Waals surface area contributed by atoms with E-state index in [4.69, 9.17) is 4.74 Å². The maximum atomic E-state index is 13.0. The van der Waals surface area contributed by atoms with E-state index < -0.39 is 47.5 Å². The fourth-order valence-electron chi connectivity index (χ4n) is 5.23. The topological polar surface area (TPSA) is 195 Å². The summed E-state index contributed by atoms with van der Waals surface area (Å²) in [5, 5.41) is 31.3. The average molecular weight is 576 g/mol. The number of fused-ring (bicyclic) bond motifs is 1. The van der Waals surface area contributed by atoms with Crippen LogP contribution < -0.4 is 9.64 Å². The van der Waals surface area contributed by atoms with Gasteiger partial charge >= 0.3 is 0 Å². The maximum absolute atomic E-state index is 13.0. The second kappa shape index (κ2) is 14.3. The molecule has 0 saturated heterocycles. The number of imide groups is 1. The van der Waals surface area contributed by atoms with Crippen molar-refractivity contribution in [2.75, 3.05) is 24.7 Å². The number of aromatic nitrogens is 4. The highest BCUT2D eigenvalue weighted by Crippen LogP contribution is 2.32. The highest BCUT2D eigenvalue weighted by atomic mass is 17.0. The van der Waals surface area contributed by atoms with Gasteiger partial charge in [-0.15, -0.1) is 25.3 Å². The Morgan fingerprint density at radius 1 is 1.05 bits per heavy atom. The summed E-state index contributed by atoms with van der Waals surface area (Å²) in [6.45, 7) is -0.715. The second-order valence-electron chi connectivity index (χ2n) is 10.2. The fraction of sp³-hybridized carbons (Fsp3) is 0.640. The lowest BCUT2D eigenvalue weighted by Crippen LogP contribution is -2.42. The normalized spacial score (nSPS) is 15.4. The number of tetrazole rings is 1. The predicted molar refractivity (Wildman–Crippen MR) is 140 cm³/mol. The lowest BCUT2D eigenvalue weighted by molar-refractivity contribution is -0.768. The van der Waals surface area contributed by atoms with Crippen molar-refractivity contribution in [2.24, 2.45) is 5.92 Å². The molecule has 1 aliphatic heterocycles. The Balaban J connectivity index is 1.30. The molecule has 222 valence electrons. The molecule has 2 heterocycles. The van der Waals surface area contributed by atoms with Crippen LogP contribution in [0.15, 0.2) is 18.2 Å². The molecule has 1 aromatic carbocycles. The fourth-order valence-corrected chi connectivity index (χ4v) is 5.23. The van der Waals surface area contributed by atoms with Crippen LogP contribution in [0.3, 0.4) is 0 Å². The number of benzene rings is 1. The van der Waals surface area contributed by atoms with Crippen LogP contribution in [0.25, 0.3) is 0 Å². The van der Waals surface area contributed by atoms with E-state index in [-0.39, 0.29) is 6.42 Å². The van der Waals surface area contributed by atoms with Crippen molar-refractivity contribution in [3.63, 3.8) is 0 Å². The van der Waals surface area contributed by atoms with Crippen molar-refractivity contribution >= 4 is 17.5 Å². The molecule has 0 spiro atoms. The molecule has 0 N–H and O–H groups in total. The SMILES string of the molecule is O=C1CCc2cc(OCCCCc3nnnn3C3CCCCC3)ccc2N1C(=O)CC(CO[N+](=O)[O-])CO[N+](=O)[O-]. The molecule has 0 bridgehead atoms. The van der Waals surface area contributed by atoms with Gasteiger partial charge < -0.3 is 14.4 Å². The minimum Gasteiger partial charge on any atom is -0.494 e. The third-order valence-electron chi connectivity index (χ3n) is 7.24. The number of amides is 2. The van der Waals surface area contributed by atoms with Crippen LogP contribution in [0.2, 0.25) is 0 Å². The zero-order valence-corrected chi connectivity index (χ0v) is 22.6. The molecule has 0 atom stereocenters. The zero-order valence-electron chi connectivity index (χ0n) is 22.6. The molecule has 2 aliphatic rings. The molecule has 2 amide bonds. The van der Waals surface area contributed by atoms with E-state index >= 15 is 0 Å². The first kappa shape index (κ1) is 29.6. The van der Waals surface area contributed by atoms with Crippen LogP contribution in [0.5, 0.6) is 5.75 Å². The van der Waals surface area contributed by atoms with E-state index in [1.54, 1.807) is 18.2 Å². The number of aryl methyl sites for hydroxylation is 2. The number of carbonyl (C=O) groups is 2. The predicted octanol–water partition coefficient (Wildman–Crippen LogP) is 2.81. The van der Waals surface area contributed by atoms with Gasteiger partial charge in [0, 0.05) is 25.2 Å². The van der Waals surface area contributed by atoms with E-state index in [0.717, 1.165) is 48.4 Å². The third kappa shape index (κ3) is 8.31. The molecule has 16 heteroatoms. The highest BCUT2D eigenvalue weighted by molar-refractivity contribution is 6.16. The smallest absolute Gasteiger partial charge is 0.294 e. The average Bonchev–Trinajstić information content (AvgIpc) is 3.43. The summed E-state index contributed by atoms with van der Waals surface area (Å²) in [7, 11) is 0. The molecule has 1 fully saturated rings. The van der Waals surface area contributed by atoms with E-state index in [0.29, 0.717) is 30.5 Å². The van der Waals surface area contributed by atoms with Crippen LogP contribution in [-0.2, 0) is 32.1 Å². The van der Waals surface area contributed by atoms with Crippen molar-refractivity contribution in [3.05, 3.63) is 49.8 Å². The summed E-state index contributed by atoms with van der Waals surface area (Å²) in [5.41, 5.74) is 1.12. The number of rotatable bonds is 15. The Hall–Kier alpha value is -4.37. The van der Waals surface area contributed by atoms with E-state index in [1.165, 1.54) is 19.3 Å². The molecule has 0 unspecified atom stereocenters. The van der Waals surface area contributed by atoms with Crippen molar-refractivity contribution in [2.45, 2.75) is 76.7 Å². The van der Waals surface area contributed by atoms with Crippen LogP contribution in [0.4, 0.5) is 5.69 Å². The first-order valence-electron chi connectivity index (χ1n) is 13.7. The lowest BCUT2D eigenvalue weighted by atomic mass is 9.95. The van der Waals surface area contributed by atoms with Crippen molar-refractivity contribution in [1.82, 2.24) is 20.2 Å². The maximum Gasteiger partial charge on any atom is 0.294 e. The van der Waals surface area contributed by atoms with Crippen LogP contribution in [-0.4, -0.2) is 62.0 Å². The summed E-state index contributed by atoms with van der Waals surface area (Å²) in [6, 6.07) is 5.46. The molecule has 0 radical (unpaired) electrons. The van der Waals surface area contributed by atoms with Gasteiger partial charge in [0.05, 0.1) is 18.3 Å². The molecular formula is C25H33N7O9. The highest BCUT2D eigenvalue weighted by Gasteiger charge is 2.32. The number of nitrogens with zero attached hydrogens (tertiary/aromatic N) is 7. The molecule has 2 aromatic rings. The Morgan fingerprint density at radius 3 is 2.49 bits per heavy atom. The van der Waals surface area contributed by atoms with E-state index in [1.807, 2.05) is 4.68 Å². The first-order valence-corrected chi connectivity index (χ1v) is 13.7. The van der Waals surface area contributed by atoms with E-state index in [9.17, 15) is 29.8 Å². The molecule has 1 saturated carbocycles. The Labute approximate surface area is 235 Å². The largest absolute Gasteiger partial charge is 0.494 e.